The zero-order valence-corrected chi connectivity index (χ0v) is 11.2. The van der Waals surface area contributed by atoms with Gasteiger partial charge in [-0.15, -0.1) is 0 Å². The highest BCUT2D eigenvalue weighted by molar-refractivity contribution is 5.95. The van der Waals surface area contributed by atoms with E-state index in [0.29, 0.717) is 0 Å². The topological polar surface area (TPSA) is 97.6 Å². The third-order valence-corrected chi connectivity index (χ3v) is 2.34. The molecule has 0 aliphatic rings. The summed E-state index contributed by atoms with van der Waals surface area (Å²) in [7, 11) is 1.26. The maximum Gasteiger partial charge on any atom is 0.330 e. The van der Waals surface area contributed by atoms with Crippen molar-refractivity contribution in [2.75, 3.05) is 13.7 Å². The molecule has 0 aliphatic heterocycles. The Morgan fingerprint density at radius 2 is 2.20 bits per heavy atom. The van der Waals surface area contributed by atoms with Gasteiger partial charge >= 0.3 is 5.97 Å². The Balaban J connectivity index is 2.34. The summed E-state index contributed by atoms with van der Waals surface area (Å²) in [6.07, 6.45) is 4.02. The molecule has 0 saturated carbocycles. The predicted octanol–water partition coefficient (Wildman–Crippen LogP) is 0.243. The van der Waals surface area contributed by atoms with Gasteiger partial charge in [-0.05, 0) is 19.1 Å². The zero-order valence-electron chi connectivity index (χ0n) is 11.2. The molecule has 2 amide bonds. The molecule has 20 heavy (non-hydrogen) atoms. The highest BCUT2D eigenvalue weighted by Crippen LogP contribution is 1.99. The maximum absolute atomic E-state index is 11.7. The predicted molar refractivity (Wildman–Crippen MR) is 69.8 cm³/mol. The van der Waals surface area contributed by atoms with E-state index in [2.05, 4.69) is 15.4 Å². The van der Waals surface area contributed by atoms with Gasteiger partial charge in [0.2, 0.25) is 5.91 Å². The molecule has 0 radical (unpaired) electrons. The van der Waals surface area contributed by atoms with Crippen molar-refractivity contribution in [3.05, 3.63) is 36.3 Å². The number of esters is 1. The fourth-order valence-corrected chi connectivity index (χ4v) is 1.28. The molecule has 0 aromatic carbocycles. The summed E-state index contributed by atoms with van der Waals surface area (Å²) in [5, 5.41) is 5.02. The Hall–Kier alpha value is -2.57. The van der Waals surface area contributed by atoms with Crippen LogP contribution in [0.1, 0.15) is 17.5 Å². The molecule has 7 nitrogen and oxygen atoms in total. The molecule has 1 atom stereocenters. The lowest BCUT2D eigenvalue weighted by molar-refractivity contribution is -0.134. The first-order valence-electron chi connectivity index (χ1n) is 5.91. The van der Waals surface area contributed by atoms with Gasteiger partial charge in [-0.3, -0.25) is 9.59 Å². The van der Waals surface area contributed by atoms with Crippen molar-refractivity contribution < 1.29 is 23.5 Å². The molecule has 1 aromatic heterocycles. The Labute approximate surface area is 116 Å². The minimum atomic E-state index is -0.723. The number of carbonyl (C=O) groups excluding carboxylic acids is 3. The maximum atomic E-state index is 11.7. The second-order valence-electron chi connectivity index (χ2n) is 3.84. The summed E-state index contributed by atoms with van der Waals surface area (Å²) >= 11 is 0. The van der Waals surface area contributed by atoms with E-state index in [1.165, 1.54) is 31.6 Å². The number of amides is 2. The van der Waals surface area contributed by atoms with Crippen LogP contribution in [0.3, 0.4) is 0 Å². The van der Waals surface area contributed by atoms with Gasteiger partial charge in [0.15, 0.2) is 5.76 Å². The molecule has 1 rings (SSSR count). The van der Waals surface area contributed by atoms with E-state index in [0.717, 1.165) is 0 Å². The molecule has 0 saturated heterocycles. The molecule has 0 bridgehead atoms. The van der Waals surface area contributed by atoms with Crippen LogP contribution in [0.25, 0.3) is 0 Å². The van der Waals surface area contributed by atoms with Crippen molar-refractivity contribution >= 4 is 17.8 Å². The summed E-state index contributed by atoms with van der Waals surface area (Å²) in [5.41, 5.74) is 0. The van der Waals surface area contributed by atoms with E-state index in [-0.39, 0.29) is 18.2 Å². The number of carbonyl (C=O) groups is 3. The van der Waals surface area contributed by atoms with Crippen LogP contribution in [-0.2, 0) is 14.3 Å². The van der Waals surface area contributed by atoms with Gasteiger partial charge in [0.1, 0.15) is 6.04 Å². The molecule has 2 N–H and O–H groups in total. The van der Waals surface area contributed by atoms with E-state index in [1.807, 2.05) is 0 Å². The first kappa shape index (κ1) is 15.5. The van der Waals surface area contributed by atoms with Gasteiger partial charge < -0.3 is 19.8 Å². The molecule has 108 valence electrons. The number of hydrogen-bond donors (Lipinski definition) is 2. The number of nitrogens with one attached hydrogen (secondary N) is 2. The number of furan rings is 1. The third kappa shape index (κ3) is 4.97. The van der Waals surface area contributed by atoms with E-state index in [1.54, 1.807) is 13.0 Å². The molecule has 0 spiro atoms. The van der Waals surface area contributed by atoms with Crippen LogP contribution < -0.4 is 10.6 Å². The fourth-order valence-electron chi connectivity index (χ4n) is 1.28. The average molecular weight is 280 g/mol. The second kappa shape index (κ2) is 7.78. The van der Waals surface area contributed by atoms with E-state index < -0.39 is 17.9 Å². The normalized spacial score (nSPS) is 11.9. The van der Waals surface area contributed by atoms with Crippen molar-refractivity contribution in [3.8, 4) is 0 Å². The lowest BCUT2D eigenvalue weighted by Crippen LogP contribution is -2.44. The summed E-state index contributed by atoms with van der Waals surface area (Å²) < 4.78 is 9.30. The smallest absolute Gasteiger partial charge is 0.330 e. The standard InChI is InChI=1S/C13H16N2O5/c1-9(15-13(18)10-5-4-8-20-10)12(17)14-7-3-6-11(16)19-2/h3-6,8-9H,7H2,1-2H3,(H,14,17)(H,15,18)/b6-3+. The molecule has 7 heteroatoms. The summed E-state index contributed by atoms with van der Waals surface area (Å²) in [6, 6.07) is 2.36. The van der Waals surface area contributed by atoms with Gasteiger partial charge in [0.25, 0.3) is 5.91 Å². The van der Waals surface area contributed by atoms with Gasteiger partial charge in [-0.1, -0.05) is 6.08 Å². The van der Waals surface area contributed by atoms with Crippen LogP contribution in [-0.4, -0.2) is 37.5 Å². The van der Waals surface area contributed by atoms with Crippen LogP contribution in [0.15, 0.2) is 35.0 Å². The first-order chi connectivity index (χ1) is 9.54. The van der Waals surface area contributed by atoms with Gasteiger partial charge in [-0.2, -0.15) is 0 Å². The summed E-state index contributed by atoms with van der Waals surface area (Å²) in [4.78, 5) is 34.1. The van der Waals surface area contributed by atoms with E-state index in [9.17, 15) is 14.4 Å². The van der Waals surface area contributed by atoms with Crippen LogP contribution in [0, 0.1) is 0 Å². The molecule has 1 heterocycles. The minimum Gasteiger partial charge on any atom is -0.466 e. The molecular formula is C13H16N2O5. The second-order valence-corrected chi connectivity index (χ2v) is 3.84. The number of ether oxygens (including phenoxy) is 1. The largest absolute Gasteiger partial charge is 0.466 e. The molecule has 0 aliphatic carbocycles. The highest BCUT2D eigenvalue weighted by atomic mass is 16.5. The van der Waals surface area contributed by atoms with E-state index in [4.69, 9.17) is 4.42 Å². The van der Waals surface area contributed by atoms with Gasteiger partial charge in [-0.25, -0.2) is 4.79 Å². The Bertz CT molecular complexity index is 493. The highest BCUT2D eigenvalue weighted by Gasteiger charge is 2.17. The quantitative estimate of drug-likeness (QED) is 0.574. The molecule has 1 unspecified atom stereocenters. The zero-order chi connectivity index (χ0) is 15.0. The number of methoxy groups -OCH3 is 1. The number of rotatable bonds is 6. The van der Waals surface area contributed by atoms with E-state index >= 15 is 0 Å². The van der Waals surface area contributed by atoms with Crippen molar-refractivity contribution in [2.45, 2.75) is 13.0 Å². The van der Waals surface area contributed by atoms with Crippen molar-refractivity contribution in [1.82, 2.24) is 10.6 Å². The Morgan fingerprint density at radius 3 is 2.80 bits per heavy atom. The van der Waals surface area contributed by atoms with Crippen molar-refractivity contribution in [3.63, 3.8) is 0 Å². The van der Waals surface area contributed by atoms with Crippen LogP contribution >= 0.6 is 0 Å². The molecular weight excluding hydrogens is 264 g/mol. The first-order valence-corrected chi connectivity index (χ1v) is 5.91. The van der Waals surface area contributed by atoms with Crippen molar-refractivity contribution in [1.29, 1.82) is 0 Å². The number of hydrogen-bond acceptors (Lipinski definition) is 5. The van der Waals surface area contributed by atoms with Crippen LogP contribution in [0.5, 0.6) is 0 Å². The van der Waals surface area contributed by atoms with Gasteiger partial charge in [0.05, 0.1) is 13.4 Å². The van der Waals surface area contributed by atoms with Gasteiger partial charge in [0, 0.05) is 12.6 Å². The Kier molecular flexibility index (Phi) is 6.02. The lowest BCUT2D eigenvalue weighted by Gasteiger charge is -2.12. The lowest BCUT2D eigenvalue weighted by atomic mass is 10.3. The molecule has 0 fully saturated rings. The van der Waals surface area contributed by atoms with Crippen LogP contribution in [0.4, 0.5) is 0 Å². The summed E-state index contributed by atoms with van der Waals surface area (Å²) in [5.74, 6) is -1.21. The Morgan fingerprint density at radius 1 is 1.45 bits per heavy atom. The third-order valence-electron chi connectivity index (χ3n) is 2.34. The average Bonchev–Trinajstić information content (AvgIpc) is 2.96. The van der Waals surface area contributed by atoms with Crippen molar-refractivity contribution in [2.24, 2.45) is 0 Å². The monoisotopic (exact) mass is 280 g/mol. The SMILES string of the molecule is COC(=O)/C=C/CNC(=O)C(C)NC(=O)c1ccco1. The van der Waals surface area contributed by atoms with Crippen LogP contribution in [0.2, 0.25) is 0 Å². The molecule has 1 aromatic rings. The minimum absolute atomic E-state index is 0.134. The fraction of sp³-hybridized carbons (Fsp3) is 0.308. The summed E-state index contributed by atoms with van der Waals surface area (Å²) in [6.45, 7) is 1.70.